The van der Waals surface area contributed by atoms with Crippen LogP contribution in [-0.2, 0) is 6.54 Å². The molecule has 2 N–H and O–H groups in total. The Bertz CT molecular complexity index is 326. The molecule has 0 saturated carbocycles. The van der Waals surface area contributed by atoms with E-state index in [4.69, 9.17) is 9.47 Å². The van der Waals surface area contributed by atoms with Gasteiger partial charge in [0.1, 0.15) is 17.2 Å². The third kappa shape index (κ3) is 2.76. The van der Waals surface area contributed by atoms with E-state index in [1.165, 1.54) is 0 Å². The van der Waals surface area contributed by atoms with Gasteiger partial charge in [0, 0.05) is 24.2 Å². The molecule has 0 aliphatic rings. The average Bonchev–Trinajstić information content (AvgIpc) is 2.26. The largest absolute Gasteiger partial charge is 0.507 e. The molecule has 4 nitrogen and oxygen atoms in total. The van der Waals surface area contributed by atoms with Gasteiger partial charge in [-0.1, -0.05) is 6.92 Å². The lowest BCUT2D eigenvalue weighted by Crippen LogP contribution is -2.12. The first kappa shape index (κ1) is 11.7. The number of rotatable bonds is 5. The fourth-order valence-corrected chi connectivity index (χ4v) is 1.33. The molecule has 1 aromatic rings. The van der Waals surface area contributed by atoms with Gasteiger partial charge in [-0.2, -0.15) is 0 Å². The number of ether oxygens (including phenoxy) is 2. The van der Waals surface area contributed by atoms with Crippen molar-refractivity contribution in [2.24, 2.45) is 0 Å². The fraction of sp³-hybridized carbons (Fsp3) is 0.455. The minimum Gasteiger partial charge on any atom is -0.507 e. The Morgan fingerprint density at radius 2 is 2.00 bits per heavy atom. The number of nitrogens with one attached hydrogen (secondary N) is 1. The van der Waals surface area contributed by atoms with Gasteiger partial charge in [0.25, 0.3) is 0 Å². The highest BCUT2D eigenvalue weighted by atomic mass is 16.5. The quantitative estimate of drug-likeness (QED) is 0.775. The molecule has 15 heavy (non-hydrogen) atoms. The zero-order chi connectivity index (χ0) is 11.3. The molecule has 84 valence electrons. The number of hydrogen-bond acceptors (Lipinski definition) is 4. The molecule has 0 fully saturated rings. The highest BCUT2D eigenvalue weighted by Crippen LogP contribution is 2.32. The van der Waals surface area contributed by atoms with Gasteiger partial charge in [0.15, 0.2) is 0 Å². The van der Waals surface area contributed by atoms with E-state index >= 15 is 0 Å². The topological polar surface area (TPSA) is 50.7 Å². The molecule has 0 spiro atoms. The van der Waals surface area contributed by atoms with Gasteiger partial charge in [-0.25, -0.2) is 0 Å². The van der Waals surface area contributed by atoms with Crippen molar-refractivity contribution in [1.82, 2.24) is 5.32 Å². The summed E-state index contributed by atoms with van der Waals surface area (Å²) in [6.45, 7) is 3.43. The summed E-state index contributed by atoms with van der Waals surface area (Å²) in [6, 6.07) is 3.33. The molecule has 0 aliphatic carbocycles. The second-order valence-electron chi connectivity index (χ2n) is 3.11. The molecular formula is C11H17NO3. The van der Waals surface area contributed by atoms with Crippen molar-refractivity contribution in [2.75, 3.05) is 20.8 Å². The third-order valence-corrected chi connectivity index (χ3v) is 2.17. The van der Waals surface area contributed by atoms with Crippen molar-refractivity contribution in [1.29, 1.82) is 0 Å². The first-order valence-corrected chi connectivity index (χ1v) is 4.87. The average molecular weight is 211 g/mol. The molecule has 0 saturated heterocycles. The first-order valence-electron chi connectivity index (χ1n) is 4.87. The molecule has 0 heterocycles. The fourth-order valence-electron chi connectivity index (χ4n) is 1.33. The number of benzene rings is 1. The summed E-state index contributed by atoms with van der Waals surface area (Å²) < 4.78 is 10.2. The lowest BCUT2D eigenvalue weighted by molar-refractivity contribution is 0.377. The van der Waals surface area contributed by atoms with Crippen LogP contribution in [0.2, 0.25) is 0 Å². The van der Waals surface area contributed by atoms with Crippen molar-refractivity contribution in [3.63, 3.8) is 0 Å². The van der Waals surface area contributed by atoms with Crippen LogP contribution in [0, 0.1) is 0 Å². The minimum atomic E-state index is 0.187. The Morgan fingerprint density at radius 1 is 1.27 bits per heavy atom. The highest BCUT2D eigenvalue weighted by molar-refractivity contribution is 5.49. The molecule has 1 rings (SSSR count). The number of hydrogen-bond donors (Lipinski definition) is 2. The zero-order valence-electron chi connectivity index (χ0n) is 9.33. The highest BCUT2D eigenvalue weighted by Gasteiger charge is 2.10. The van der Waals surface area contributed by atoms with E-state index in [0.717, 1.165) is 12.1 Å². The lowest BCUT2D eigenvalue weighted by atomic mass is 10.1. The van der Waals surface area contributed by atoms with Crippen LogP contribution in [0.4, 0.5) is 0 Å². The van der Waals surface area contributed by atoms with Gasteiger partial charge < -0.3 is 19.9 Å². The number of methoxy groups -OCH3 is 2. The molecule has 0 aromatic heterocycles. The van der Waals surface area contributed by atoms with E-state index in [1.807, 2.05) is 6.92 Å². The van der Waals surface area contributed by atoms with E-state index in [0.29, 0.717) is 18.0 Å². The van der Waals surface area contributed by atoms with Crippen LogP contribution in [-0.4, -0.2) is 25.9 Å². The van der Waals surface area contributed by atoms with Gasteiger partial charge >= 0.3 is 0 Å². The molecule has 0 aliphatic heterocycles. The van der Waals surface area contributed by atoms with Gasteiger partial charge in [-0.05, 0) is 6.54 Å². The van der Waals surface area contributed by atoms with E-state index in [2.05, 4.69) is 5.32 Å². The summed E-state index contributed by atoms with van der Waals surface area (Å²) in [7, 11) is 3.13. The summed E-state index contributed by atoms with van der Waals surface area (Å²) in [5, 5.41) is 12.9. The Morgan fingerprint density at radius 3 is 2.53 bits per heavy atom. The van der Waals surface area contributed by atoms with Crippen molar-refractivity contribution >= 4 is 0 Å². The lowest BCUT2D eigenvalue weighted by Gasteiger charge is -2.12. The molecule has 0 amide bonds. The van der Waals surface area contributed by atoms with Crippen LogP contribution >= 0.6 is 0 Å². The van der Waals surface area contributed by atoms with Crippen LogP contribution in [0.25, 0.3) is 0 Å². The summed E-state index contributed by atoms with van der Waals surface area (Å²) in [6.07, 6.45) is 0. The Balaban J connectivity index is 3.01. The monoisotopic (exact) mass is 211 g/mol. The van der Waals surface area contributed by atoms with Gasteiger partial charge in [0.2, 0.25) is 0 Å². The molecule has 0 unspecified atom stereocenters. The van der Waals surface area contributed by atoms with Gasteiger partial charge in [0.05, 0.1) is 14.2 Å². The Hall–Kier alpha value is -1.42. The van der Waals surface area contributed by atoms with Gasteiger partial charge in [-0.3, -0.25) is 0 Å². The van der Waals surface area contributed by atoms with Crippen LogP contribution in [0.5, 0.6) is 17.2 Å². The van der Waals surface area contributed by atoms with Crippen LogP contribution in [0.1, 0.15) is 12.5 Å². The molecule has 0 atom stereocenters. The van der Waals surface area contributed by atoms with Crippen molar-refractivity contribution in [2.45, 2.75) is 13.5 Å². The Labute approximate surface area is 89.8 Å². The normalized spacial score (nSPS) is 10.1. The molecule has 1 aromatic carbocycles. The van der Waals surface area contributed by atoms with Crippen molar-refractivity contribution in [3.8, 4) is 17.2 Å². The number of aromatic hydroxyl groups is 1. The summed E-state index contributed by atoms with van der Waals surface area (Å²) in [4.78, 5) is 0. The van der Waals surface area contributed by atoms with Crippen LogP contribution < -0.4 is 14.8 Å². The zero-order valence-corrected chi connectivity index (χ0v) is 9.33. The summed E-state index contributed by atoms with van der Waals surface area (Å²) in [5.74, 6) is 1.41. The van der Waals surface area contributed by atoms with E-state index in [-0.39, 0.29) is 5.75 Å². The van der Waals surface area contributed by atoms with Crippen LogP contribution in [0.3, 0.4) is 0 Å². The van der Waals surface area contributed by atoms with E-state index in [9.17, 15) is 5.11 Å². The third-order valence-electron chi connectivity index (χ3n) is 2.17. The number of phenolic OH excluding ortho intramolecular Hbond substituents is 1. The summed E-state index contributed by atoms with van der Waals surface area (Å²) >= 11 is 0. The number of phenols is 1. The van der Waals surface area contributed by atoms with Gasteiger partial charge in [-0.15, -0.1) is 0 Å². The van der Waals surface area contributed by atoms with E-state index in [1.54, 1.807) is 26.4 Å². The van der Waals surface area contributed by atoms with E-state index < -0.39 is 0 Å². The van der Waals surface area contributed by atoms with Crippen LogP contribution in [0.15, 0.2) is 12.1 Å². The smallest absolute Gasteiger partial charge is 0.130 e. The maximum atomic E-state index is 9.76. The molecular weight excluding hydrogens is 194 g/mol. The van der Waals surface area contributed by atoms with Crippen molar-refractivity contribution < 1.29 is 14.6 Å². The SMILES string of the molecule is CCNCc1c(O)cc(OC)cc1OC. The van der Waals surface area contributed by atoms with Crippen molar-refractivity contribution in [3.05, 3.63) is 17.7 Å². The predicted octanol–water partition coefficient (Wildman–Crippen LogP) is 1.52. The summed E-state index contributed by atoms with van der Waals surface area (Å²) in [5.41, 5.74) is 0.750. The maximum absolute atomic E-state index is 9.76. The molecule has 0 radical (unpaired) electrons. The Kier molecular flexibility index (Phi) is 4.24. The first-order chi connectivity index (χ1) is 7.22. The molecule has 4 heteroatoms. The predicted molar refractivity (Wildman–Crippen MR) is 58.6 cm³/mol. The molecule has 0 bridgehead atoms. The maximum Gasteiger partial charge on any atom is 0.130 e. The second-order valence-corrected chi connectivity index (χ2v) is 3.11. The second kappa shape index (κ2) is 5.46. The standard InChI is InChI=1S/C11H17NO3/c1-4-12-7-9-10(13)5-8(14-2)6-11(9)15-3/h5-6,12-13H,4,7H2,1-3H3. The minimum absolute atomic E-state index is 0.187.